The Morgan fingerprint density at radius 2 is 2.13 bits per heavy atom. The summed E-state index contributed by atoms with van der Waals surface area (Å²) in [6.07, 6.45) is 0. The summed E-state index contributed by atoms with van der Waals surface area (Å²) in [5.41, 5.74) is 0.257. The van der Waals surface area contributed by atoms with Crippen LogP contribution in [0.25, 0.3) is 0 Å². The molecule has 0 saturated carbocycles. The molecule has 0 fully saturated rings. The van der Waals surface area contributed by atoms with Crippen LogP contribution in [0.2, 0.25) is 0 Å². The third kappa shape index (κ3) is 3.83. The predicted octanol–water partition coefficient (Wildman–Crippen LogP) is 1.84. The monoisotopic (exact) mass is 228 g/mol. The third-order valence-corrected chi connectivity index (χ3v) is 3.29. The minimum atomic E-state index is 0.257. The number of nitrogens with one attached hydrogen (secondary N) is 2. The number of rotatable bonds is 4. The van der Waals surface area contributed by atoms with Gasteiger partial charge in [0.15, 0.2) is 0 Å². The van der Waals surface area contributed by atoms with Crippen molar-refractivity contribution >= 4 is 11.8 Å². The maximum atomic E-state index is 4.27. The molecule has 1 unspecified atom stereocenters. The van der Waals surface area contributed by atoms with E-state index in [9.17, 15) is 0 Å². The molecule has 1 heterocycles. The van der Waals surface area contributed by atoms with Gasteiger partial charge in [0, 0.05) is 11.8 Å². The van der Waals surface area contributed by atoms with Gasteiger partial charge in [-0.05, 0) is 19.4 Å². The summed E-state index contributed by atoms with van der Waals surface area (Å²) in [4.78, 5) is 4.27. The van der Waals surface area contributed by atoms with Crippen LogP contribution >= 0.6 is 11.8 Å². The van der Waals surface area contributed by atoms with Crippen LogP contribution in [0, 0.1) is 12.3 Å². The quantitative estimate of drug-likeness (QED) is 0.772. The van der Waals surface area contributed by atoms with Crippen molar-refractivity contribution in [3.8, 4) is 0 Å². The van der Waals surface area contributed by atoms with Gasteiger partial charge < -0.3 is 5.32 Å². The number of aryl methyl sites for hydroxylation is 1. The molecular formula is C10H20N4S. The largest absolute Gasteiger partial charge is 0.316 e. The Bertz CT molecular complexity index is 303. The van der Waals surface area contributed by atoms with E-state index < -0.39 is 0 Å². The van der Waals surface area contributed by atoms with Gasteiger partial charge >= 0.3 is 0 Å². The Morgan fingerprint density at radius 1 is 1.47 bits per heavy atom. The molecule has 0 aliphatic carbocycles. The highest BCUT2D eigenvalue weighted by Gasteiger charge is 2.23. The van der Waals surface area contributed by atoms with E-state index in [2.05, 4.69) is 41.3 Å². The van der Waals surface area contributed by atoms with Gasteiger partial charge in [0.1, 0.15) is 5.82 Å². The van der Waals surface area contributed by atoms with Crippen LogP contribution in [-0.2, 0) is 0 Å². The first-order chi connectivity index (χ1) is 6.93. The lowest BCUT2D eigenvalue weighted by molar-refractivity contribution is 0.305. The Labute approximate surface area is 95.6 Å². The van der Waals surface area contributed by atoms with Gasteiger partial charge in [-0.3, -0.25) is 5.10 Å². The van der Waals surface area contributed by atoms with Gasteiger partial charge in [-0.1, -0.05) is 32.5 Å². The van der Waals surface area contributed by atoms with E-state index in [0.29, 0.717) is 6.04 Å². The topological polar surface area (TPSA) is 53.6 Å². The Kier molecular flexibility index (Phi) is 4.16. The lowest BCUT2D eigenvalue weighted by atomic mass is 9.88. The smallest absolute Gasteiger partial charge is 0.208 e. The molecule has 0 radical (unpaired) electrons. The molecule has 0 aliphatic rings. The van der Waals surface area contributed by atoms with Crippen molar-refractivity contribution in [3.63, 3.8) is 0 Å². The normalized spacial score (nSPS) is 14.2. The van der Waals surface area contributed by atoms with Gasteiger partial charge in [-0.2, -0.15) is 0 Å². The third-order valence-electron chi connectivity index (χ3n) is 2.35. The average molecular weight is 228 g/mol. The van der Waals surface area contributed by atoms with Crippen molar-refractivity contribution in [2.45, 2.75) is 38.9 Å². The number of aromatic nitrogens is 3. The van der Waals surface area contributed by atoms with Crippen LogP contribution < -0.4 is 5.32 Å². The summed E-state index contributed by atoms with van der Waals surface area (Å²) >= 11 is 1.68. The minimum absolute atomic E-state index is 0.257. The molecule has 15 heavy (non-hydrogen) atoms. The number of hydrogen-bond donors (Lipinski definition) is 2. The molecule has 4 nitrogen and oxygen atoms in total. The zero-order chi connectivity index (χ0) is 11.5. The molecule has 1 atom stereocenters. The SMILES string of the molecule is CNC(CSc1n[nH]c(C)n1)C(C)(C)C. The first-order valence-corrected chi connectivity index (χ1v) is 6.11. The summed E-state index contributed by atoms with van der Waals surface area (Å²) in [5.74, 6) is 1.85. The van der Waals surface area contributed by atoms with Gasteiger partial charge in [-0.15, -0.1) is 5.10 Å². The molecule has 5 heteroatoms. The molecule has 2 N–H and O–H groups in total. The first kappa shape index (κ1) is 12.5. The van der Waals surface area contributed by atoms with Crippen LogP contribution in [0.1, 0.15) is 26.6 Å². The number of thioether (sulfide) groups is 1. The van der Waals surface area contributed by atoms with E-state index in [1.165, 1.54) is 0 Å². The van der Waals surface area contributed by atoms with Crippen molar-refractivity contribution in [1.82, 2.24) is 20.5 Å². The van der Waals surface area contributed by atoms with Crippen LogP contribution in [-0.4, -0.2) is 34.0 Å². The van der Waals surface area contributed by atoms with Gasteiger partial charge in [-0.25, -0.2) is 4.98 Å². The predicted molar refractivity (Wildman–Crippen MR) is 64.1 cm³/mol. The van der Waals surface area contributed by atoms with Crippen LogP contribution in [0.5, 0.6) is 0 Å². The molecule has 1 aromatic rings. The highest BCUT2D eigenvalue weighted by molar-refractivity contribution is 7.99. The second-order valence-electron chi connectivity index (χ2n) is 4.72. The molecule has 0 aromatic carbocycles. The number of nitrogens with zero attached hydrogens (tertiary/aromatic N) is 2. The standard InChI is InChI=1S/C10H20N4S/c1-7-12-9(14-13-7)15-6-8(11-5)10(2,3)4/h8,11H,6H2,1-5H3,(H,12,13,14). The number of H-pyrrole nitrogens is 1. The molecule has 0 saturated heterocycles. The molecule has 1 rings (SSSR count). The second-order valence-corrected chi connectivity index (χ2v) is 5.71. The highest BCUT2D eigenvalue weighted by atomic mass is 32.2. The molecule has 0 spiro atoms. The molecular weight excluding hydrogens is 208 g/mol. The fraction of sp³-hybridized carbons (Fsp3) is 0.800. The zero-order valence-electron chi connectivity index (χ0n) is 10.1. The highest BCUT2D eigenvalue weighted by Crippen LogP contribution is 2.24. The summed E-state index contributed by atoms with van der Waals surface area (Å²) < 4.78 is 0. The summed E-state index contributed by atoms with van der Waals surface area (Å²) in [6.45, 7) is 8.62. The molecule has 86 valence electrons. The average Bonchev–Trinajstić information content (AvgIpc) is 2.50. The Hall–Kier alpha value is -0.550. The van der Waals surface area contributed by atoms with Crippen LogP contribution in [0.3, 0.4) is 0 Å². The van der Waals surface area contributed by atoms with E-state index in [4.69, 9.17) is 0 Å². The summed E-state index contributed by atoms with van der Waals surface area (Å²) in [7, 11) is 2.00. The lowest BCUT2D eigenvalue weighted by Gasteiger charge is -2.29. The van der Waals surface area contributed by atoms with Crippen molar-refractivity contribution in [1.29, 1.82) is 0 Å². The molecule has 1 aromatic heterocycles. The molecule has 0 amide bonds. The first-order valence-electron chi connectivity index (χ1n) is 5.12. The van der Waals surface area contributed by atoms with Crippen LogP contribution in [0.15, 0.2) is 5.16 Å². The molecule has 0 bridgehead atoms. The number of hydrogen-bond acceptors (Lipinski definition) is 4. The lowest BCUT2D eigenvalue weighted by Crippen LogP contribution is -2.40. The van der Waals surface area contributed by atoms with Crippen molar-refractivity contribution in [3.05, 3.63) is 5.82 Å². The van der Waals surface area contributed by atoms with Crippen LogP contribution in [0.4, 0.5) is 0 Å². The van der Waals surface area contributed by atoms with Crippen molar-refractivity contribution < 1.29 is 0 Å². The van der Waals surface area contributed by atoms with Gasteiger partial charge in [0.05, 0.1) is 0 Å². The fourth-order valence-electron chi connectivity index (χ4n) is 1.31. The van der Waals surface area contributed by atoms with Gasteiger partial charge in [0.25, 0.3) is 0 Å². The van der Waals surface area contributed by atoms with E-state index in [-0.39, 0.29) is 5.41 Å². The van der Waals surface area contributed by atoms with E-state index in [1.54, 1.807) is 11.8 Å². The molecule has 0 aliphatic heterocycles. The number of aromatic amines is 1. The van der Waals surface area contributed by atoms with Gasteiger partial charge in [0.2, 0.25) is 5.16 Å². The second kappa shape index (κ2) is 4.99. The van der Waals surface area contributed by atoms with Crippen molar-refractivity contribution in [2.24, 2.45) is 5.41 Å². The van der Waals surface area contributed by atoms with E-state index in [0.717, 1.165) is 16.7 Å². The fourth-order valence-corrected chi connectivity index (χ4v) is 2.61. The summed E-state index contributed by atoms with van der Waals surface area (Å²) in [6, 6.07) is 0.460. The maximum Gasteiger partial charge on any atom is 0.208 e. The maximum absolute atomic E-state index is 4.27. The zero-order valence-corrected chi connectivity index (χ0v) is 10.9. The van der Waals surface area contributed by atoms with E-state index >= 15 is 0 Å². The Balaban J connectivity index is 2.48. The van der Waals surface area contributed by atoms with Crippen molar-refractivity contribution in [2.75, 3.05) is 12.8 Å². The summed E-state index contributed by atoms with van der Waals surface area (Å²) in [5, 5.41) is 11.1. The minimum Gasteiger partial charge on any atom is -0.316 e. The van der Waals surface area contributed by atoms with E-state index in [1.807, 2.05) is 14.0 Å². The Morgan fingerprint density at radius 3 is 2.53 bits per heavy atom.